The van der Waals surface area contributed by atoms with Crippen LogP contribution in [0.15, 0.2) is 29.2 Å². The standard InChI is InChI=1S/C13H19NO4S/c1-4-13(2,9-15)14-12(16)10-5-7-11(8-6-10)19(3,17)18/h5-8,15H,4,9H2,1-3H3,(H,14,16). The van der Waals surface area contributed by atoms with E-state index in [4.69, 9.17) is 0 Å². The molecule has 5 nitrogen and oxygen atoms in total. The highest BCUT2D eigenvalue weighted by Gasteiger charge is 2.23. The molecule has 0 radical (unpaired) electrons. The van der Waals surface area contributed by atoms with Crippen molar-refractivity contribution in [3.63, 3.8) is 0 Å². The summed E-state index contributed by atoms with van der Waals surface area (Å²) in [6.45, 7) is 3.45. The highest BCUT2D eigenvalue weighted by molar-refractivity contribution is 7.90. The van der Waals surface area contributed by atoms with Gasteiger partial charge in [-0.25, -0.2) is 8.42 Å². The Morgan fingerprint density at radius 1 is 1.32 bits per heavy atom. The molecule has 0 heterocycles. The largest absolute Gasteiger partial charge is 0.394 e. The van der Waals surface area contributed by atoms with E-state index in [1.54, 1.807) is 6.92 Å². The molecule has 0 aromatic heterocycles. The molecule has 1 rings (SSSR count). The van der Waals surface area contributed by atoms with Gasteiger partial charge < -0.3 is 10.4 Å². The van der Waals surface area contributed by atoms with Crippen LogP contribution in [0.3, 0.4) is 0 Å². The van der Waals surface area contributed by atoms with E-state index in [9.17, 15) is 18.3 Å². The summed E-state index contributed by atoms with van der Waals surface area (Å²) < 4.78 is 22.6. The average molecular weight is 285 g/mol. The third-order valence-corrected chi connectivity index (χ3v) is 4.22. The van der Waals surface area contributed by atoms with Crippen molar-refractivity contribution in [2.24, 2.45) is 0 Å². The fourth-order valence-electron chi connectivity index (χ4n) is 1.44. The molecule has 1 unspecified atom stereocenters. The molecular formula is C13H19NO4S. The third-order valence-electron chi connectivity index (χ3n) is 3.09. The van der Waals surface area contributed by atoms with Gasteiger partial charge in [0.2, 0.25) is 0 Å². The molecule has 2 N–H and O–H groups in total. The first-order chi connectivity index (χ1) is 8.72. The lowest BCUT2D eigenvalue weighted by Gasteiger charge is -2.27. The van der Waals surface area contributed by atoms with E-state index in [2.05, 4.69) is 5.32 Å². The third kappa shape index (κ3) is 4.04. The molecule has 106 valence electrons. The van der Waals surface area contributed by atoms with Gasteiger partial charge in [0.1, 0.15) is 0 Å². The predicted octanol–water partition coefficient (Wildman–Crippen LogP) is 0.981. The van der Waals surface area contributed by atoms with E-state index >= 15 is 0 Å². The van der Waals surface area contributed by atoms with Crippen molar-refractivity contribution in [3.05, 3.63) is 29.8 Å². The number of nitrogens with one attached hydrogen (secondary N) is 1. The number of carbonyl (C=O) groups excluding carboxylic acids is 1. The van der Waals surface area contributed by atoms with Gasteiger partial charge in [-0.1, -0.05) is 6.92 Å². The lowest BCUT2D eigenvalue weighted by molar-refractivity contribution is 0.0847. The number of benzene rings is 1. The van der Waals surface area contributed by atoms with Crippen molar-refractivity contribution >= 4 is 15.7 Å². The van der Waals surface area contributed by atoms with Crippen LogP contribution in [0.2, 0.25) is 0 Å². The summed E-state index contributed by atoms with van der Waals surface area (Å²) in [5.41, 5.74) is -0.312. The Morgan fingerprint density at radius 3 is 2.21 bits per heavy atom. The number of sulfone groups is 1. The molecular weight excluding hydrogens is 266 g/mol. The van der Waals surface area contributed by atoms with Gasteiger partial charge in [0, 0.05) is 11.8 Å². The number of aliphatic hydroxyl groups is 1. The topological polar surface area (TPSA) is 83.5 Å². The quantitative estimate of drug-likeness (QED) is 0.844. The maximum atomic E-state index is 12.0. The van der Waals surface area contributed by atoms with Crippen molar-refractivity contribution in [2.45, 2.75) is 30.7 Å². The minimum absolute atomic E-state index is 0.156. The van der Waals surface area contributed by atoms with Crippen LogP contribution in [0, 0.1) is 0 Å². The lowest BCUT2D eigenvalue weighted by Crippen LogP contribution is -2.48. The molecule has 0 aliphatic heterocycles. The Morgan fingerprint density at radius 2 is 1.84 bits per heavy atom. The first-order valence-corrected chi connectivity index (χ1v) is 7.84. The number of aliphatic hydroxyl groups excluding tert-OH is 1. The van der Waals surface area contributed by atoms with Crippen molar-refractivity contribution in [1.82, 2.24) is 5.32 Å². The van der Waals surface area contributed by atoms with Crippen LogP contribution in [-0.4, -0.2) is 37.8 Å². The van der Waals surface area contributed by atoms with Crippen LogP contribution >= 0.6 is 0 Å². The van der Waals surface area contributed by atoms with E-state index in [0.717, 1.165) is 6.26 Å². The van der Waals surface area contributed by atoms with E-state index in [1.165, 1.54) is 24.3 Å². The zero-order chi connectivity index (χ0) is 14.7. The monoisotopic (exact) mass is 285 g/mol. The van der Waals surface area contributed by atoms with Crippen molar-refractivity contribution in [1.29, 1.82) is 0 Å². The molecule has 1 aromatic rings. The van der Waals surface area contributed by atoms with Crippen LogP contribution in [-0.2, 0) is 9.84 Å². The maximum absolute atomic E-state index is 12.0. The second kappa shape index (κ2) is 5.71. The molecule has 1 aromatic carbocycles. The van der Waals surface area contributed by atoms with Crippen molar-refractivity contribution in [2.75, 3.05) is 12.9 Å². The number of hydrogen-bond acceptors (Lipinski definition) is 4. The van der Waals surface area contributed by atoms with Gasteiger partial charge in [-0.15, -0.1) is 0 Å². The normalized spacial score (nSPS) is 14.7. The van der Waals surface area contributed by atoms with Crippen LogP contribution in [0.1, 0.15) is 30.6 Å². The van der Waals surface area contributed by atoms with Gasteiger partial charge in [0.25, 0.3) is 5.91 Å². The molecule has 0 saturated carbocycles. The summed E-state index contributed by atoms with van der Waals surface area (Å²) in [5.74, 6) is -0.335. The predicted molar refractivity (Wildman–Crippen MR) is 72.8 cm³/mol. The molecule has 19 heavy (non-hydrogen) atoms. The Hall–Kier alpha value is -1.40. The van der Waals surface area contributed by atoms with Crippen molar-refractivity contribution in [3.8, 4) is 0 Å². The molecule has 1 amide bonds. The molecule has 0 aliphatic carbocycles. The molecule has 0 aliphatic rings. The van der Waals surface area contributed by atoms with Gasteiger partial charge in [0.15, 0.2) is 9.84 Å². The summed E-state index contributed by atoms with van der Waals surface area (Å²) >= 11 is 0. The SMILES string of the molecule is CCC(C)(CO)NC(=O)c1ccc(S(C)(=O)=O)cc1. The zero-order valence-electron chi connectivity index (χ0n) is 11.3. The first-order valence-electron chi connectivity index (χ1n) is 5.95. The maximum Gasteiger partial charge on any atom is 0.251 e. The number of hydrogen-bond donors (Lipinski definition) is 2. The van der Waals surface area contributed by atoms with E-state index < -0.39 is 15.4 Å². The van der Waals surface area contributed by atoms with Crippen molar-refractivity contribution < 1.29 is 18.3 Å². The van der Waals surface area contributed by atoms with Gasteiger partial charge in [-0.05, 0) is 37.6 Å². The Balaban J connectivity index is 2.91. The van der Waals surface area contributed by atoms with E-state index in [0.29, 0.717) is 12.0 Å². The summed E-state index contributed by atoms with van der Waals surface area (Å²) in [6.07, 6.45) is 1.71. The highest BCUT2D eigenvalue weighted by atomic mass is 32.2. The zero-order valence-corrected chi connectivity index (χ0v) is 12.1. The molecule has 6 heteroatoms. The number of carbonyl (C=O) groups is 1. The lowest BCUT2D eigenvalue weighted by atomic mass is 9.99. The fourth-order valence-corrected chi connectivity index (χ4v) is 2.07. The minimum Gasteiger partial charge on any atom is -0.394 e. The average Bonchev–Trinajstić information content (AvgIpc) is 2.37. The Kier molecular flexibility index (Phi) is 4.70. The van der Waals surface area contributed by atoms with Crippen LogP contribution < -0.4 is 5.32 Å². The van der Waals surface area contributed by atoms with E-state index in [1.807, 2.05) is 6.92 Å². The summed E-state index contributed by atoms with van der Waals surface area (Å²) in [5, 5.41) is 12.0. The smallest absolute Gasteiger partial charge is 0.251 e. The van der Waals surface area contributed by atoms with Gasteiger partial charge >= 0.3 is 0 Å². The van der Waals surface area contributed by atoms with Gasteiger partial charge in [-0.2, -0.15) is 0 Å². The molecule has 1 atom stereocenters. The van der Waals surface area contributed by atoms with Crippen LogP contribution in [0.5, 0.6) is 0 Å². The second-order valence-electron chi connectivity index (χ2n) is 4.82. The fraction of sp³-hybridized carbons (Fsp3) is 0.462. The number of rotatable bonds is 5. The summed E-state index contributed by atoms with van der Waals surface area (Å²) in [7, 11) is -3.26. The summed E-state index contributed by atoms with van der Waals surface area (Å²) in [6, 6.07) is 5.71. The first kappa shape index (κ1) is 15.7. The Labute approximate surface area is 113 Å². The highest BCUT2D eigenvalue weighted by Crippen LogP contribution is 2.13. The Bertz CT molecular complexity index is 545. The summed E-state index contributed by atoms with van der Waals surface area (Å²) in [4.78, 5) is 12.1. The molecule has 0 saturated heterocycles. The molecule has 0 spiro atoms. The molecule has 0 fully saturated rings. The second-order valence-corrected chi connectivity index (χ2v) is 6.84. The molecule has 0 bridgehead atoms. The van der Waals surface area contributed by atoms with Gasteiger partial charge in [-0.3, -0.25) is 4.79 Å². The van der Waals surface area contributed by atoms with E-state index in [-0.39, 0.29) is 17.4 Å². The van der Waals surface area contributed by atoms with Gasteiger partial charge in [0.05, 0.1) is 17.0 Å². The van der Waals surface area contributed by atoms with Crippen LogP contribution in [0.4, 0.5) is 0 Å². The number of amides is 1. The minimum atomic E-state index is -3.26. The van der Waals surface area contributed by atoms with Crippen LogP contribution in [0.25, 0.3) is 0 Å².